The van der Waals surface area contributed by atoms with E-state index in [1.54, 1.807) is 37.3 Å². The number of hydrogen-bond donors (Lipinski definition) is 3. The molecular weight excluding hydrogens is 364 g/mol. The monoisotopic (exact) mass is 383 g/mol. The third-order valence-corrected chi connectivity index (χ3v) is 4.22. The number of halogens is 2. The van der Waals surface area contributed by atoms with Crippen LogP contribution in [-0.4, -0.2) is 5.11 Å². The second-order valence-corrected chi connectivity index (χ2v) is 6.47. The van der Waals surface area contributed by atoms with Gasteiger partial charge in [0, 0.05) is 29.2 Å². The van der Waals surface area contributed by atoms with Crippen molar-refractivity contribution in [2.45, 2.75) is 13.5 Å². The van der Waals surface area contributed by atoms with Crippen LogP contribution >= 0.6 is 12.2 Å². The van der Waals surface area contributed by atoms with E-state index in [0.717, 1.165) is 11.4 Å². The molecular formula is C21H19F2N3S. The molecule has 138 valence electrons. The average molecular weight is 383 g/mol. The number of rotatable bonds is 5. The van der Waals surface area contributed by atoms with Gasteiger partial charge in [-0.1, -0.05) is 24.3 Å². The molecule has 0 bridgehead atoms. The first-order chi connectivity index (χ1) is 13.0. The molecule has 0 spiro atoms. The summed E-state index contributed by atoms with van der Waals surface area (Å²) in [5.41, 5.74) is 3.42. The standard InChI is InChI=1S/C21H19F2N3S/c1-14-6-7-18(12-20(14)23)26-21(27)25-17-10-8-16(9-11-17)24-13-15-4-2-3-5-19(15)22/h2-12,24H,13H2,1H3,(H2,25,26,27). The Balaban J connectivity index is 1.54. The Morgan fingerprint density at radius 2 is 1.44 bits per heavy atom. The van der Waals surface area contributed by atoms with Gasteiger partial charge in [-0.15, -0.1) is 0 Å². The van der Waals surface area contributed by atoms with Crippen LogP contribution in [0.5, 0.6) is 0 Å². The van der Waals surface area contributed by atoms with Gasteiger partial charge in [0.25, 0.3) is 0 Å². The van der Waals surface area contributed by atoms with E-state index >= 15 is 0 Å². The Morgan fingerprint density at radius 1 is 0.815 bits per heavy atom. The summed E-state index contributed by atoms with van der Waals surface area (Å²) in [5, 5.41) is 9.54. The minimum Gasteiger partial charge on any atom is -0.381 e. The van der Waals surface area contributed by atoms with Crippen molar-refractivity contribution in [3.8, 4) is 0 Å². The molecule has 0 aliphatic carbocycles. The molecule has 0 fully saturated rings. The lowest BCUT2D eigenvalue weighted by molar-refractivity contribution is 0.613. The Morgan fingerprint density at radius 3 is 2.15 bits per heavy atom. The summed E-state index contributed by atoms with van der Waals surface area (Å²) in [6.07, 6.45) is 0. The molecule has 0 saturated heterocycles. The lowest BCUT2D eigenvalue weighted by atomic mass is 10.2. The van der Waals surface area contributed by atoms with Crippen molar-refractivity contribution in [1.82, 2.24) is 0 Å². The van der Waals surface area contributed by atoms with Crippen LogP contribution in [0.25, 0.3) is 0 Å². The third-order valence-electron chi connectivity index (χ3n) is 4.01. The maximum Gasteiger partial charge on any atom is 0.175 e. The lowest BCUT2D eigenvalue weighted by Crippen LogP contribution is -2.19. The quantitative estimate of drug-likeness (QED) is 0.494. The fourth-order valence-electron chi connectivity index (χ4n) is 2.47. The largest absolute Gasteiger partial charge is 0.381 e. The van der Waals surface area contributed by atoms with E-state index in [0.29, 0.717) is 28.5 Å². The topological polar surface area (TPSA) is 36.1 Å². The molecule has 0 aliphatic rings. The molecule has 3 N–H and O–H groups in total. The normalized spacial score (nSPS) is 10.3. The van der Waals surface area contributed by atoms with Gasteiger partial charge in [0.2, 0.25) is 0 Å². The maximum atomic E-state index is 13.6. The molecule has 3 aromatic rings. The molecule has 6 heteroatoms. The van der Waals surface area contributed by atoms with Gasteiger partial charge in [-0.3, -0.25) is 0 Å². The first-order valence-electron chi connectivity index (χ1n) is 8.43. The molecule has 0 unspecified atom stereocenters. The van der Waals surface area contributed by atoms with Crippen molar-refractivity contribution in [3.63, 3.8) is 0 Å². The highest BCUT2D eigenvalue weighted by atomic mass is 32.1. The molecule has 3 rings (SSSR count). The number of benzene rings is 3. The van der Waals surface area contributed by atoms with E-state index in [1.165, 1.54) is 12.1 Å². The Kier molecular flexibility index (Phi) is 5.98. The summed E-state index contributed by atoms with van der Waals surface area (Å²) >= 11 is 5.25. The number of hydrogen-bond acceptors (Lipinski definition) is 2. The van der Waals surface area contributed by atoms with Gasteiger partial charge in [-0.2, -0.15) is 0 Å². The SMILES string of the molecule is Cc1ccc(NC(=S)Nc2ccc(NCc3ccccc3F)cc2)cc1F. The van der Waals surface area contributed by atoms with Crippen LogP contribution in [-0.2, 0) is 6.54 Å². The number of thiocarbonyl (C=S) groups is 1. The molecule has 3 aromatic carbocycles. The molecule has 0 saturated carbocycles. The molecule has 3 nitrogen and oxygen atoms in total. The van der Waals surface area contributed by atoms with Crippen molar-refractivity contribution in [3.05, 3.63) is 89.5 Å². The molecule has 27 heavy (non-hydrogen) atoms. The Bertz CT molecular complexity index is 942. The predicted octanol–water partition coefficient (Wildman–Crippen LogP) is 5.69. The summed E-state index contributed by atoms with van der Waals surface area (Å²) in [7, 11) is 0. The van der Waals surface area contributed by atoms with E-state index < -0.39 is 0 Å². The highest BCUT2D eigenvalue weighted by Gasteiger charge is 2.03. The van der Waals surface area contributed by atoms with Crippen molar-refractivity contribution in [2.75, 3.05) is 16.0 Å². The van der Waals surface area contributed by atoms with Crippen molar-refractivity contribution < 1.29 is 8.78 Å². The average Bonchev–Trinajstić information content (AvgIpc) is 2.65. The second-order valence-electron chi connectivity index (χ2n) is 6.07. The van der Waals surface area contributed by atoms with Crippen LogP contribution in [0.2, 0.25) is 0 Å². The number of nitrogens with one attached hydrogen (secondary N) is 3. The van der Waals surface area contributed by atoms with Crippen LogP contribution in [0.1, 0.15) is 11.1 Å². The first kappa shape index (κ1) is 18.8. The van der Waals surface area contributed by atoms with Gasteiger partial charge in [0.1, 0.15) is 11.6 Å². The molecule has 0 amide bonds. The fraction of sp³-hybridized carbons (Fsp3) is 0.0952. The van der Waals surface area contributed by atoms with Crippen LogP contribution < -0.4 is 16.0 Å². The number of anilines is 3. The maximum absolute atomic E-state index is 13.6. The smallest absolute Gasteiger partial charge is 0.175 e. The van der Waals surface area contributed by atoms with E-state index in [-0.39, 0.29) is 11.6 Å². The number of aryl methyl sites for hydroxylation is 1. The zero-order valence-electron chi connectivity index (χ0n) is 14.7. The van der Waals surface area contributed by atoms with Crippen molar-refractivity contribution >= 4 is 34.4 Å². The van der Waals surface area contributed by atoms with E-state index in [4.69, 9.17) is 12.2 Å². The fourth-order valence-corrected chi connectivity index (χ4v) is 2.71. The van der Waals surface area contributed by atoms with Crippen LogP contribution in [0, 0.1) is 18.6 Å². The third kappa shape index (κ3) is 5.24. The highest BCUT2D eigenvalue weighted by Crippen LogP contribution is 2.17. The van der Waals surface area contributed by atoms with Crippen LogP contribution in [0.15, 0.2) is 66.7 Å². The molecule has 0 radical (unpaired) electrons. The van der Waals surface area contributed by atoms with Gasteiger partial charge in [0.15, 0.2) is 5.11 Å². The van der Waals surface area contributed by atoms with Gasteiger partial charge in [-0.05, 0) is 67.2 Å². The Hall–Kier alpha value is -2.99. The van der Waals surface area contributed by atoms with Crippen molar-refractivity contribution in [2.24, 2.45) is 0 Å². The Labute approximate surface area is 162 Å². The summed E-state index contributed by atoms with van der Waals surface area (Å²) < 4.78 is 27.2. The van der Waals surface area contributed by atoms with E-state index in [2.05, 4.69) is 16.0 Å². The van der Waals surface area contributed by atoms with Crippen LogP contribution in [0.4, 0.5) is 25.8 Å². The lowest BCUT2D eigenvalue weighted by Gasteiger charge is -2.12. The second kappa shape index (κ2) is 8.60. The van der Waals surface area contributed by atoms with Gasteiger partial charge >= 0.3 is 0 Å². The van der Waals surface area contributed by atoms with Gasteiger partial charge < -0.3 is 16.0 Å². The molecule has 0 atom stereocenters. The zero-order valence-corrected chi connectivity index (χ0v) is 15.5. The summed E-state index contributed by atoms with van der Waals surface area (Å²) in [4.78, 5) is 0. The summed E-state index contributed by atoms with van der Waals surface area (Å²) in [6, 6.07) is 19.0. The minimum atomic E-state index is -0.284. The van der Waals surface area contributed by atoms with E-state index in [9.17, 15) is 8.78 Å². The van der Waals surface area contributed by atoms with Crippen molar-refractivity contribution in [1.29, 1.82) is 0 Å². The van der Waals surface area contributed by atoms with Crippen LogP contribution in [0.3, 0.4) is 0 Å². The molecule has 0 heterocycles. The van der Waals surface area contributed by atoms with Gasteiger partial charge in [-0.25, -0.2) is 8.78 Å². The van der Waals surface area contributed by atoms with Gasteiger partial charge in [0.05, 0.1) is 0 Å². The highest BCUT2D eigenvalue weighted by molar-refractivity contribution is 7.80. The van der Waals surface area contributed by atoms with E-state index in [1.807, 2.05) is 24.3 Å². The zero-order chi connectivity index (χ0) is 19.2. The molecule has 0 aliphatic heterocycles. The summed E-state index contributed by atoms with van der Waals surface area (Å²) in [6.45, 7) is 2.11. The minimum absolute atomic E-state index is 0.229. The molecule has 0 aromatic heterocycles. The predicted molar refractivity (Wildman–Crippen MR) is 111 cm³/mol. The first-order valence-corrected chi connectivity index (χ1v) is 8.83. The summed E-state index contributed by atoms with van der Waals surface area (Å²) in [5.74, 6) is -0.514.